The number of carboxylic acid groups (broad SMARTS) is 1. The molecule has 104 valence electrons. The van der Waals surface area contributed by atoms with E-state index >= 15 is 0 Å². The highest BCUT2D eigenvalue weighted by molar-refractivity contribution is 5.90. The Morgan fingerprint density at radius 1 is 1.00 bits per heavy atom. The second-order valence-corrected chi connectivity index (χ2v) is 5.80. The van der Waals surface area contributed by atoms with Gasteiger partial charge in [-0.25, -0.2) is 4.79 Å². The lowest BCUT2D eigenvalue weighted by atomic mass is 9.86. The van der Waals surface area contributed by atoms with Gasteiger partial charge in [0.15, 0.2) is 0 Å². The second-order valence-electron chi connectivity index (χ2n) is 5.80. The number of rotatable bonds is 2. The molecule has 0 aliphatic rings. The van der Waals surface area contributed by atoms with Crippen LogP contribution in [-0.2, 0) is 5.41 Å². The summed E-state index contributed by atoms with van der Waals surface area (Å²) in [4.78, 5) is 10.8. The lowest BCUT2D eigenvalue weighted by molar-refractivity contribution is 0.210. The number of hydrogen-bond donors (Lipinski definition) is 2. The minimum absolute atomic E-state index is 0.108. The highest BCUT2D eigenvalue weighted by Gasteiger charge is 2.14. The maximum absolute atomic E-state index is 10.8. The molecule has 3 nitrogen and oxygen atoms in total. The van der Waals surface area contributed by atoms with Crippen LogP contribution in [0.2, 0.25) is 0 Å². The first-order chi connectivity index (χ1) is 9.38. The SMILES string of the molecule is CC(C)(C)c1ccc(-c2ccccc2NC(=O)O)cc1. The van der Waals surface area contributed by atoms with Crippen LogP contribution < -0.4 is 5.32 Å². The lowest BCUT2D eigenvalue weighted by Crippen LogP contribution is -2.10. The monoisotopic (exact) mass is 269 g/mol. The molecule has 0 unspecified atom stereocenters. The van der Waals surface area contributed by atoms with E-state index in [4.69, 9.17) is 5.11 Å². The van der Waals surface area contributed by atoms with E-state index in [1.165, 1.54) is 5.56 Å². The van der Waals surface area contributed by atoms with Crippen molar-refractivity contribution in [2.75, 3.05) is 5.32 Å². The van der Waals surface area contributed by atoms with Crippen LogP contribution in [-0.4, -0.2) is 11.2 Å². The van der Waals surface area contributed by atoms with E-state index in [1.54, 1.807) is 6.07 Å². The first-order valence-electron chi connectivity index (χ1n) is 6.58. The largest absolute Gasteiger partial charge is 0.465 e. The molecule has 0 bridgehead atoms. The van der Waals surface area contributed by atoms with E-state index in [2.05, 4.69) is 38.2 Å². The average Bonchev–Trinajstić information content (AvgIpc) is 2.38. The smallest absolute Gasteiger partial charge is 0.409 e. The summed E-state index contributed by atoms with van der Waals surface area (Å²) in [5.74, 6) is 0. The molecule has 2 N–H and O–H groups in total. The summed E-state index contributed by atoms with van der Waals surface area (Å²) in [7, 11) is 0. The molecule has 0 fully saturated rings. The van der Waals surface area contributed by atoms with Crippen LogP contribution in [0.4, 0.5) is 10.5 Å². The molecule has 0 aliphatic heterocycles. The predicted octanol–water partition coefficient (Wildman–Crippen LogP) is 4.74. The van der Waals surface area contributed by atoms with Crippen LogP contribution in [0, 0.1) is 0 Å². The summed E-state index contributed by atoms with van der Waals surface area (Å²) < 4.78 is 0. The molecule has 0 aromatic heterocycles. The van der Waals surface area contributed by atoms with Crippen molar-refractivity contribution in [3.8, 4) is 11.1 Å². The van der Waals surface area contributed by atoms with Gasteiger partial charge in [-0.15, -0.1) is 0 Å². The highest BCUT2D eigenvalue weighted by atomic mass is 16.4. The normalized spacial score (nSPS) is 11.2. The Hall–Kier alpha value is -2.29. The van der Waals surface area contributed by atoms with Gasteiger partial charge in [-0.1, -0.05) is 63.2 Å². The first-order valence-corrected chi connectivity index (χ1v) is 6.58. The fraction of sp³-hybridized carbons (Fsp3) is 0.235. The Bertz CT molecular complexity index is 610. The summed E-state index contributed by atoms with van der Waals surface area (Å²) in [5, 5.41) is 11.3. The zero-order valence-electron chi connectivity index (χ0n) is 12.0. The van der Waals surface area contributed by atoms with Crippen LogP contribution in [0.15, 0.2) is 48.5 Å². The van der Waals surface area contributed by atoms with Gasteiger partial charge >= 0.3 is 6.09 Å². The van der Waals surface area contributed by atoms with Crippen LogP contribution in [0.3, 0.4) is 0 Å². The predicted molar refractivity (Wildman–Crippen MR) is 82.2 cm³/mol. The van der Waals surface area contributed by atoms with Gasteiger partial charge in [0.1, 0.15) is 0 Å². The third kappa shape index (κ3) is 3.18. The molecule has 2 aromatic carbocycles. The molecule has 1 amide bonds. The first kappa shape index (κ1) is 14.1. The van der Waals surface area contributed by atoms with Gasteiger partial charge in [-0.05, 0) is 22.6 Å². The van der Waals surface area contributed by atoms with Crippen LogP contribution in [0.25, 0.3) is 11.1 Å². The molecule has 20 heavy (non-hydrogen) atoms. The topological polar surface area (TPSA) is 49.3 Å². The quantitative estimate of drug-likeness (QED) is 0.827. The minimum atomic E-state index is -1.05. The van der Waals surface area contributed by atoms with E-state index < -0.39 is 6.09 Å². The number of carbonyl (C=O) groups is 1. The van der Waals surface area contributed by atoms with Crippen molar-refractivity contribution in [2.45, 2.75) is 26.2 Å². The van der Waals surface area contributed by atoms with Gasteiger partial charge in [0.05, 0.1) is 5.69 Å². The van der Waals surface area contributed by atoms with Crippen molar-refractivity contribution in [1.29, 1.82) is 0 Å². The molecule has 0 spiro atoms. The lowest BCUT2D eigenvalue weighted by Gasteiger charge is -2.19. The van der Waals surface area contributed by atoms with Crippen molar-refractivity contribution >= 4 is 11.8 Å². The van der Waals surface area contributed by atoms with Crippen molar-refractivity contribution in [2.24, 2.45) is 0 Å². The molecule has 0 saturated heterocycles. The summed E-state index contributed by atoms with van der Waals surface area (Å²) in [5.41, 5.74) is 3.85. The molecule has 3 heteroatoms. The Kier molecular flexibility index (Phi) is 3.79. The third-order valence-corrected chi connectivity index (χ3v) is 3.23. The fourth-order valence-corrected chi connectivity index (χ4v) is 2.11. The van der Waals surface area contributed by atoms with Crippen molar-refractivity contribution in [3.63, 3.8) is 0 Å². The maximum atomic E-state index is 10.8. The van der Waals surface area contributed by atoms with Crippen LogP contribution >= 0.6 is 0 Å². The number of benzene rings is 2. The minimum Gasteiger partial charge on any atom is -0.465 e. The number of anilines is 1. The third-order valence-electron chi connectivity index (χ3n) is 3.23. The molecule has 0 atom stereocenters. The van der Waals surface area contributed by atoms with E-state index in [9.17, 15) is 4.79 Å². The number of amides is 1. The maximum Gasteiger partial charge on any atom is 0.409 e. The van der Waals surface area contributed by atoms with Gasteiger partial charge in [-0.2, -0.15) is 0 Å². The molecule has 0 saturated carbocycles. The Morgan fingerprint density at radius 3 is 2.15 bits per heavy atom. The van der Waals surface area contributed by atoms with Gasteiger partial charge in [0, 0.05) is 5.56 Å². The fourth-order valence-electron chi connectivity index (χ4n) is 2.11. The van der Waals surface area contributed by atoms with Gasteiger partial charge < -0.3 is 5.11 Å². The molecule has 0 aliphatic carbocycles. The number of para-hydroxylation sites is 1. The summed E-state index contributed by atoms with van der Waals surface area (Å²) in [6, 6.07) is 15.6. The van der Waals surface area contributed by atoms with Gasteiger partial charge in [0.25, 0.3) is 0 Å². The van der Waals surface area contributed by atoms with Crippen LogP contribution in [0.5, 0.6) is 0 Å². The van der Waals surface area contributed by atoms with Crippen molar-refractivity contribution in [3.05, 3.63) is 54.1 Å². The van der Waals surface area contributed by atoms with E-state index in [-0.39, 0.29) is 5.41 Å². The second kappa shape index (κ2) is 5.37. The highest BCUT2D eigenvalue weighted by Crippen LogP contribution is 2.30. The zero-order chi connectivity index (χ0) is 14.8. The van der Waals surface area contributed by atoms with E-state index in [0.29, 0.717) is 5.69 Å². The standard InChI is InChI=1S/C17H19NO2/c1-17(2,3)13-10-8-12(9-11-13)14-6-4-5-7-15(14)18-16(19)20/h4-11,18H,1-3H3,(H,19,20). The molecular formula is C17H19NO2. The van der Waals surface area contributed by atoms with Crippen LogP contribution in [0.1, 0.15) is 26.3 Å². The van der Waals surface area contributed by atoms with E-state index in [1.807, 2.05) is 30.3 Å². The summed E-state index contributed by atoms with van der Waals surface area (Å²) in [6.07, 6.45) is -1.05. The molecule has 2 aromatic rings. The Balaban J connectivity index is 2.39. The number of hydrogen-bond acceptors (Lipinski definition) is 1. The Labute approximate surface area is 119 Å². The average molecular weight is 269 g/mol. The molecule has 2 rings (SSSR count). The summed E-state index contributed by atoms with van der Waals surface area (Å²) in [6.45, 7) is 6.51. The van der Waals surface area contributed by atoms with E-state index in [0.717, 1.165) is 11.1 Å². The molecule has 0 radical (unpaired) electrons. The number of nitrogens with one attached hydrogen (secondary N) is 1. The van der Waals surface area contributed by atoms with Crippen molar-refractivity contribution < 1.29 is 9.90 Å². The van der Waals surface area contributed by atoms with Crippen molar-refractivity contribution in [1.82, 2.24) is 0 Å². The van der Waals surface area contributed by atoms with Gasteiger partial charge in [0.2, 0.25) is 0 Å². The molecular weight excluding hydrogens is 250 g/mol. The summed E-state index contributed by atoms with van der Waals surface area (Å²) >= 11 is 0. The van der Waals surface area contributed by atoms with Gasteiger partial charge in [-0.3, -0.25) is 5.32 Å². The Morgan fingerprint density at radius 2 is 1.60 bits per heavy atom. The zero-order valence-corrected chi connectivity index (χ0v) is 12.0. The molecule has 0 heterocycles.